The highest BCUT2D eigenvalue weighted by molar-refractivity contribution is 9.10. The van der Waals surface area contributed by atoms with Crippen LogP contribution >= 0.6 is 27.5 Å². The highest BCUT2D eigenvalue weighted by atomic mass is 79.9. The van der Waals surface area contributed by atoms with Crippen LogP contribution in [0.5, 0.6) is 17.2 Å². The van der Waals surface area contributed by atoms with E-state index in [2.05, 4.69) is 15.9 Å². The van der Waals surface area contributed by atoms with E-state index in [0.717, 1.165) is 32.4 Å². The van der Waals surface area contributed by atoms with Gasteiger partial charge in [-0.05, 0) is 60.7 Å². The molecule has 1 heterocycles. The minimum Gasteiger partial charge on any atom is -0.497 e. The molecule has 3 nitrogen and oxygen atoms in total. The van der Waals surface area contributed by atoms with Gasteiger partial charge in [0, 0.05) is 20.4 Å². The Bertz CT molecular complexity index is 1100. The summed E-state index contributed by atoms with van der Waals surface area (Å²) in [7, 11) is 1.64. The summed E-state index contributed by atoms with van der Waals surface area (Å²) in [5.74, 6) is 2.15. The predicted octanol–water partition coefficient (Wildman–Crippen LogP) is 7.12. The molecule has 27 heavy (non-hydrogen) atoms. The van der Waals surface area contributed by atoms with Crippen molar-refractivity contribution in [3.63, 3.8) is 0 Å². The Morgan fingerprint density at radius 2 is 1.56 bits per heavy atom. The molecule has 4 rings (SSSR count). The molecule has 0 spiro atoms. The molecule has 0 aliphatic rings. The molecular weight excluding hydrogens is 426 g/mol. The summed E-state index contributed by atoms with van der Waals surface area (Å²) in [6, 6.07) is 23.1. The zero-order valence-electron chi connectivity index (χ0n) is 14.4. The molecule has 0 saturated carbocycles. The van der Waals surface area contributed by atoms with Crippen molar-refractivity contribution < 1.29 is 9.47 Å². The van der Waals surface area contributed by atoms with Gasteiger partial charge >= 0.3 is 0 Å². The number of aromatic nitrogens is 1. The molecule has 134 valence electrons. The normalized spacial score (nSPS) is 10.8. The van der Waals surface area contributed by atoms with Crippen LogP contribution in [0, 0.1) is 0 Å². The second kappa shape index (κ2) is 7.59. The van der Waals surface area contributed by atoms with E-state index < -0.39 is 0 Å². The zero-order chi connectivity index (χ0) is 18.8. The Kier molecular flexibility index (Phi) is 5.01. The van der Waals surface area contributed by atoms with E-state index in [4.69, 9.17) is 26.1 Å². The van der Waals surface area contributed by atoms with Gasteiger partial charge < -0.3 is 9.47 Å². The summed E-state index contributed by atoms with van der Waals surface area (Å²) in [6.07, 6.45) is 0. The zero-order valence-corrected chi connectivity index (χ0v) is 16.8. The maximum absolute atomic E-state index is 6.17. The van der Waals surface area contributed by atoms with Gasteiger partial charge in [-0.1, -0.05) is 39.7 Å². The number of ether oxygens (including phenoxy) is 2. The molecule has 1 aromatic heterocycles. The fourth-order valence-electron chi connectivity index (χ4n) is 2.79. The van der Waals surface area contributed by atoms with Crippen molar-refractivity contribution >= 4 is 38.4 Å². The van der Waals surface area contributed by atoms with Crippen molar-refractivity contribution in [3.05, 3.63) is 82.3 Å². The maximum atomic E-state index is 6.17. The van der Waals surface area contributed by atoms with E-state index in [1.54, 1.807) is 7.11 Å². The smallest absolute Gasteiger partial charge is 0.154 e. The molecule has 0 bridgehead atoms. The van der Waals surface area contributed by atoms with Crippen molar-refractivity contribution in [2.24, 2.45) is 0 Å². The Morgan fingerprint density at radius 1 is 0.852 bits per heavy atom. The van der Waals surface area contributed by atoms with Gasteiger partial charge in [0.1, 0.15) is 17.2 Å². The Hall–Kier alpha value is -2.56. The average molecular weight is 441 g/mol. The van der Waals surface area contributed by atoms with Crippen LogP contribution in [0.15, 0.2) is 77.3 Å². The van der Waals surface area contributed by atoms with Gasteiger partial charge in [-0.15, -0.1) is 0 Å². The van der Waals surface area contributed by atoms with Crippen LogP contribution in [0.2, 0.25) is 5.02 Å². The molecule has 0 aliphatic carbocycles. The van der Waals surface area contributed by atoms with Crippen LogP contribution in [0.3, 0.4) is 0 Å². The van der Waals surface area contributed by atoms with Gasteiger partial charge in [-0.3, -0.25) is 0 Å². The molecule has 0 atom stereocenters. The molecular formula is C22H15BrClNO2. The van der Waals surface area contributed by atoms with Crippen LogP contribution in [0.25, 0.3) is 22.2 Å². The Labute approximate surface area is 170 Å². The first-order valence-electron chi connectivity index (χ1n) is 8.30. The quantitative estimate of drug-likeness (QED) is 0.338. The monoisotopic (exact) mass is 439 g/mol. The highest BCUT2D eigenvalue weighted by Crippen LogP contribution is 2.36. The number of halogens is 2. The van der Waals surface area contributed by atoms with Crippen molar-refractivity contribution in [1.82, 2.24) is 4.98 Å². The predicted molar refractivity (Wildman–Crippen MR) is 113 cm³/mol. The van der Waals surface area contributed by atoms with E-state index in [1.807, 2.05) is 72.8 Å². The summed E-state index contributed by atoms with van der Waals surface area (Å²) in [5, 5.41) is 1.59. The van der Waals surface area contributed by atoms with Crippen LogP contribution in [-0.4, -0.2) is 12.1 Å². The van der Waals surface area contributed by atoms with Crippen LogP contribution in [0.1, 0.15) is 0 Å². The van der Waals surface area contributed by atoms with E-state index in [9.17, 15) is 0 Å². The van der Waals surface area contributed by atoms with Gasteiger partial charge in [0.05, 0.1) is 12.6 Å². The Balaban J connectivity index is 1.84. The highest BCUT2D eigenvalue weighted by Gasteiger charge is 2.12. The number of hydrogen-bond acceptors (Lipinski definition) is 3. The number of fused-ring (bicyclic) bond motifs is 1. The van der Waals surface area contributed by atoms with E-state index in [1.165, 1.54) is 0 Å². The summed E-state index contributed by atoms with van der Waals surface area (Å²) in [4.78, 5) is 4.82. The van der Waals surface area contributed by atoms with Gasteiger partial charge in [0.15, 0.2) is 5.75 Å². The molecule has 4 aromatic rings. The summed E-state index contributed by atoms with van der Waals surface area (Å²) >= 11 is 9.62. The molecule has 0 amide bonds. The standard InChI is InChI=1S/C22H15BrClNO2/c1-26-18-7-9-19(10-8-18)27-21-13-15-12-17(24)6-11-20(15)25-22(21)14-2-4-16(23)5-3-14/h2-13H,1H3. The lowest BCUT2D eigenvalue weighted by molar-refractivity contribution is 0.413. The van der Waals surface area contributed by atoms with Crippen molar-refractivity contribution in [2.45, 2.75) is 0 Å². The van der Waals surface area contributed by atoms with E-state index >= 15 is 0 Å². The lowest BCUT2D eigenvalue weighted by Crippen LogP contribution is -1.93. The van der Waals surface area contributed by atoms with Gasteiger partial charge in [0.2, 0.25) is 0 Å². The second-order valence-corrected chi connectivity index (χ2v) is 7.31. The van der Waals surface area contributed by atoms with Crippen molar-refractivity contribution in [3.8, 4) is 28.5 Å². The van der Waals surface area contributed by atoms with E-state index in [-0.39, 0.29) is 0 Å². The molecule has 0 fully saturated rings. The fourth-order valence-corrected chi connectivity index (χ4v) is 3.24. The number of pyridine rings is 1. The lowest BCUT2D eigenvalue weighted by atomic mass is 10.1. The number of hydrogen-bond donors (Lipinski definition) is 0. The van der Waals surface area contributed by atoms with Gasteiger partial charge in [0.25, 0.3) is 0 Å². The molecule has 0 saturated heterocycles. The third kappa shape index (κ3) is 3.92. The van der Waals surface area contributed by atoms with Crippen molar-refractivity contribution in [1.29, 1.82) is 0 Å². The third-order valence-electron chi connectivity index (χ3n) is 4.15. The molecule has 5 heteroatoms. The summed E-state index contributed by atoms with van der Waals surface area (Å²) in [5.41, 5.74) is 2.60. The third-order valence-corrected chi connectivity index (χ3v) is 4.91. The van der Waals surface area contributed by atoms with Crippen LogP contribution in [-0.2, 0) is 0 Å². The lowest BCUT2D eigenvalue weighted by Gasteiger charge is -2.13. The second-order valence-electron chi connectivity index (χ2n) is 5.96. The number of methoxy groups -OCH3 is 1. The van der Waals surface area contributed by atoms with Gasteiger partial charge in [-0.2, -0.15) is 0 Å². The topological polar surface area (TPSA) is 31.4 Å². The average Bonchev–Trinajstić information content (AvgIpc) is 2.69. The molecule has 0 unspecified atom stereocenters. The fraction of sp³-hybridized carbons (Fsp3) is 0.0455. The van der Waals surface area contributed by atoms with Crippen LogP contribution in [0.4, 0.5) is 0 Å². The number of benzene rings is 3. The van der Waals surface area contributed by atoms with Gasteiger partial charge in [-0.25, -0.2) is 4.98 Å². The van der Waals surface area contributed by atoms with E-state index in [0.29, 0.717) is 16.5 Å². The molecule has 0 radical (unpaired) electrons. The first-order valence-corrected chi connectivity index (χ1v) is 9.47. The first-order chi connectivity index (χ1) is 13.1. The molecule has 0 N–H and O–H groups in total. The minimum atomic E-state index is 0.663. The summed E-state index contributed by atoms with van der Waals surface area (Å²) < 4.78 is 12.4. The number of rotatable bonds is 4. The molecule has 3 aromatic carbocycles. The largest absolute Gasteiger partial charge is 0.497 e. The Morgan fingerprint density at radius 3 is 2.26 bits per heavy atom. The minimum absolute atomic E-state index is 0.663. The summed E-state index contributed by atoms with van der Waals surface area (Å²) in [6.45, 7) is 0. The maximum Gasteiger partial charge on any atom is 0.154 e. The van der Waals surface area contributed by atoms with Crippen molar-refractivity contribution in [2.75, 3.05) is 7.11 Å². The first kappa shape index (κ1) is 17.8. The SMILES string of the molecule is COc1ccc(Oc2cc3cc(Cl)ccc3nc2-c2ccc(Br)cc2)cc1. The van der Waals surface area contributed by atoms with Crippen LogP contribution < -0.4 is 9.47 Å². The number of nitrogens with zero attached hydrogens (tertiary/aromatic N) is 1. The molecule has 0 aliphatic heterocycles.